The van der Waals surface area contributed by atoms with E-state index in [1.54, 1.807) is 0 Å². The molecule has 0 aromatic carbocycles. The Bertz CT molecular complexity index is 293. The average molecular weight is 237 g/mol. The number of nitrogens with zero attached hydrogens (tertiary/aromatic N) is 2. The Morgan fingerprint density at radius 3 is 2.82 bits per heavy atom. The molecule has 0 bridgehead atoms. The standard InChI is InChI=1S/C14H27N3/c1-4-7-14-16-11-12-17(14)13(3)8-6-10-15-9-5-2/h11-13,15H,4-10H2,1-3H3. The van der Waals surface area contributed by atoms with E-state index in [2.05, 4.69) is 41.8 Å². The molecule has 1 atom stereocenters. The van der Waals surface area contributed by atoms with Crippen LogP contribution in [0.25, 0.3) is 0 Å². The van der Waals surface area contributed by atoms with Crippen molar-refractivity contribution >= 4 is 0 Å². The van der Waals surface area contributed by atoms with Gasteiger partial charge >= 0.3 is 0 Å². The Balaban J connectivity index is 2.30. The molecule has 0 aliphatic rings. The molecule has 3 heteroatoms. The Hall–Kier alpha value is -0.830. The Morgan fingerprint density at radius 2 is 2.12 bits per heavy atom. The fourth-order valence-electron chi connectivity index (χ4n) is 2.13. The van der Waals surface area contributed by atoms with Crippen LogP contribution >= 0.6 is 0 Å². The van der Waals surface area contributed by atoms with Gasteiger partial charge in [0, 0.05) is 24.9 Å². The lowest BCUT2D eigenvalue weighted by atomic mass is 10.1. The molecule has 1 N–H and O–H groups in total. The van der Waals surface area contributed by atoms with Crippen LogP contribution in [0.2, 0.25) is 0 Å². The predicted octanol–water partition coefficient (Wildman–Crippen LogP) is 3.18. The molecule has 0 radical (unpaired) electrons. The van der Waals surface area contributed by atoms with Crippen LogP contribution in [0, 0.1) is 0 Å². The van der Waals surface area contributed by atoms with Crippen LogP contribution in [0.4, 0.5) is 0 Å². The lowest BCUT2D eigenvalue weighted by molar-refractivity contribution is 0.461. The molecule has 0 saturated carbocycles. The third kappa shape index (κ3) is 4.90. The van der Waals surface area contributed by atoms with Gasteiger partial charge < -0.3 is 9.88 Å². The van der Waals surface area contributed by atoms with Gasteiger partial charge in [0.1, 0.15) is 5.82 Å². The minimum Gasteiger partial charge on any atom is -0.332 e. The van der Waals surface area contributed by atoms with E-state index in [-0.39, 0.29) is 0 Å². The van der Waals surface area contributed by atoms with Crippen LogP contribution in [-0.2, 0) is 6.42 Å². The van der Waals surface area contributed by atoms with Crippen molar-refractivity contribution in [3.63, 3.8) is 0 Å². The first-order chi connectivity index (χ1) is 8.29. The van der Waals surface area contributed by atoms with Crippen molar-refractivity contribution in [2.45, 2.75) is 58.9 Å². The smallest absolute Gasteiger partial charge is 0.108 e. The molecule has 17 heavy (non-hydrogen) atoms. The Morgan fingerprint density at radius 1 is 1.29 bits per heavy atom. The number of aryl methyl sites for hydroxylation is 1. The van der Waals surface area contributed by atoms with E-state index in [9.17, 15) is 0 Å². The maximum atomic E-state index is 4.43. The molecule has 3 nitrogen and oxygen atoms in total. The first-order valence-electron chi connectivity index (χ1n) is 7.02. The van der Waals surface area contributed by atoms with Gasteiger partial charge in [-0.25, -0.2) is 4.98 Å². The first kappa shape index (κ1) is 14.2. The van der Waals surface area contributed by atoms with E-state index >= 15 is 0 Å². The molecular weight excluding hydrogens is 210 g/mol. The molecule has 0 aliphatic heterocycles. The van der Waals surface area contributed by atoms with Crippen LogP contribution in [0.15, 0.2) is 12.4 Å². The van der Waals surface area contributed by atoms with Crippen molar-refractivity contribution in [3.8, 4) is 0 Å². The number of nitrogens with one attached hydrogen (secondary N) is 1. The molecule has 1 rings (SSSR count). The largest absolute Gasteiger partial charge is 0.332 e. The first-order valence-corrected chi connectivity index (χ1v) is 7.02. The highest BCUT2D eigenvalue weighted by Gasteiger charge is 2.08. The van der Waals surface area contributed by atoms with E-state index in [1.807, 2.05) is 6.20 Å². The summed E-state index contributed by atoms with van der Waals surface area (Å²) in [5.41, 5.74) is 0. The van der Waals surface area contributed by atoms with Crippen LogP contribution in [0.1, 0.15) is 58.3 Å². The molecule has 0 amide bonds. The fourth-order valence-corrected chi connectivity index (χ4v) is 2.13. The van der Waals surface area contributed by atoms with E-state index < -0.39 is 0 Å². The summed E-state index contributed by atoms with van der Waals surface area (Å²) in [6.45, 7) is 8.98. The fraction of sp³-hybridized carbons (Fsp3) is 0.786. The maximum absolute atomic E-state index is 4.43. The van der Waals surface area contributed by atoms with E-state index in [0.717, 1.165) is 19.5 Å². The molecular formula is C14H27N3. The summed E-state index contributed by atoms with van der Waals surface area (Å²) in [6.07, 6.45) is 9.99. The van der Waals surface area contributed by atoms with Crippen molar-refractivity contribution < 1.29 is 0 Å². The molecule has 1 aromatic rings. The zero-order valence-electron chi connectivity index (χ0n) is 11.6. The number of hydrogen-bond acceptors (Lipinski definition) is 2. The highest BCUT2D eigenvalue weighted by molar-refractivity contribution is 4.94. The van der Waals surface area contributed by atoms with Crippen LogP contribution < -0.4 is 5.32 Å². The topological polar surface area (TPSA) is 29.9 Å². The summed E-state index contributed by atoms with van der Waals surface area (Å²) in [5.74, 6) is 1.24. The normalized spacial score (nSPS) is 12.9. The van der Waals surface area contributed by atoms with E-state index in [1.165, 1.54) is 31.5 Å². The van der Waals surface area contributed by atoms with E-state index in [0.29, 0.717) is 6.04 Å². The van der Waals surface area contributed by atoms with Gasteiger partial charge in [0.15, 0.2) is 0 Å². The van der Waals surface area contributed by atoms with Gasteiger partial charge in [0.05, 0.1) is 0 Å². The molecule has 1 unspecified atom stereocenters. The molecule has 0 fully saturated rings. The van der Waals surface area contributed by atoms with Crippen LogP contribution in [0.5, 0.6) is 0 Å². The third-order valence-corrected chi connectivity index (χ3v) is 3.10. The van der Waals surface area contributed by atoms with Crippen LogP contribution in [0.3, 0.4) is 0 Å². The monoisotopic (exact) mass is 237 g/mol. The number of imidazole rings is 1. The van der Waals surface area contributed by atoms with Gasteiger partial charge in [-0.2, -0.15) is 0 Å². The second-order valence-corrected chi connectivity index (χ2v) is 4.74. The summed E-state index contributed by atoms with van der Waals surface area (Å²) >= 11 is 0. The van der Waals surface area contributed by atoms with Gasteiger partial charge in [0.2, 0.25) is 0 Å². The van der Waals surface area contributed by atoms with Crippen molar-refractivity contribution in [1.29, 1.82) is 0 Å². The van der Waals surface area contributed by atoms with Gasteiger partial charge in [-0.15, -0.1) is 0 Å². The summed E-state index contributed by atoms with van der Waals surface area (Å²) in [6, 6.07) is 0.572. The van der Waals surface area contributed by atoms with Gasteiger partial charge in [-0.1, -0.05) is 13.8 Å². The van der Waals surface area contributed by atoms with Crippen LogP contribution in [-0.4, -0.2) is 22.6 Å². The quantitative estimate of drug-likeness (QED) is 0.669. The van der Waals surface area contributed by atoms with Gasteiger partial charge in [-0.05, 0) is 45.7 Å². The Kier molecular flexibility index (Phi) is 6.94. The molecule has 0 aliphatic carbocycles. The minimum atomic E-state index is 0.572. The van der Waals surface area contributed by atoms with Gasteiger partial charge in [-0.3, -0.25) is 0 Å². The second-order valence-electron chi connectivity index (χ2n) is 4.74. The molecule has 1 aromatic heterocycles. The maximum Gasteiger partial charge on any atom is 0.108 e. The summed E-state index contributed by atoms with van der Waals surface area (Å²) < 4.78 is 2.34. The molecule has 0 saturated heterocycles. The summed E-state index contributed by atoms with van der Waals surface area (Å²) in [4.78, 5) is 4.43. The zero-order valence-corrected chi connectivity index (χ0v) is 11.6. The molecule has 1 heterocycles. The third-order valence-electron chi connectivity index (χ3n) is 3.10. The lowest BCUT2D eigenvalue weighted by Crippen LogP contribution is -2.17. The van der Waals surface area contributed by atoms with Crippen molar-refractivity contribution in [2.24, 2.45) is 0 Å². The molecule has 98 valence electrons. The minimum absolute atomic E-state index is 0.572. The summed E-state index contributed by atoms with van der Waals surface area (Å²) in [5, 5.41) is 3.45. The lowest BCUT2D eigenvalue weighted by Gasteiger charge is -2.16. The summed E-state index contributed by atoms with van der Waals surface area (Å²) in [7, 11) is 0. The van der Waals surface area contributed by atoms with Gasteiger partial charge in [0.25, 0.3) is 0 Å². The predicted molar refractivity (Wildman–Crippen MR) is 73.3 cm³/mol. The number of rotatable bonds is 9. The molecule has 0 spiro atoms. The van der Waals surface area contributed by atoms with Crippen molar-refractivity contribution in [2.75, 3.05) is 13.1 Å². The Labute approximate surface area is 106 Å². The average Bonchev–Trinajstić information content (AvgIpc) is 2.77. The number of hydrogen-bond donors (Lipinski definition) is 1. The number of aromatic nitrogens is 2. The highest BCUT2D eigenvalue weighted by Crippen LogP contribution is 2.15. The second kappa shape index (κ2) is 8.29. The SMILES string of the molecule is CCCNCCCC(C)n1ccnc1CCC. The highest BCUT2D eigenvalue weighted by atomic mass is 15.1. The van der Waals surface area contributed by atoms with Crippen molar-refractivity contribution in [3.05, 3.63) is 18.2 Å². The van der Waals surface area contributed by atoms with E-state index in [4.69, 9.17) is 0 Å². The van der Waals surface area contributed by atoms with Crippen molar-refractivity contribution in [1.82, 2.24) is 14.9 Å². The zero-order chi connectivity index (χ0) is 12.5.